The number of hydrogen-bond acceptors (Lipinski definition) is 3. The molecule has 1 aromatic heterocycles. The van der Waals surface area contributed by atoms with Gasteiger partial charge in [-0.15, -0.1) is 0 Å². The molecule has 1 rings (SSSR count). The van der Waals surface area contributed by atoms with Gasteiger partial charge in [0.1, 0.15) is 5.82 Å². The van der Waals surface area contributed by atoms with Crippen LogP contribution in [0, 0.1) is 6.92 Å². The molecule has 64 valence electrons. The average Bonchev–Trinajstić information content (AvgIpc) is 1.96. The Hall–Kier alpha value is -1.58. The fourth-order valence-corrected chi connectivity index (χ4v) is 0.937. The van der Waals surface area contributed by atoms with Gasteiger partial charge in [0.2, 0.25) is 0 Å². The third-order valence-electron chi connectivity index (χ3n) is 1.58. The van der Waals surface area contributed by atoms with Crippen molar-refractivity contribution >= 4 is 11.8 Å². The second kappa shape index (κ2) is 3.21. The first kappa shape index (κ1) is 8.52. The van der Waals surface area contributed by atoms with Gasteiger partial charge in [0.05, 0.1) is 6.42 Å². The van der Waals surface area contributed by atoms with Gasteiger partial charge in [-0.1, -0.05) is 0 Å². The minimum Gasteiger partial charge on any atom is -0.481 e. The van der Waals surface area contributed by atoms with Crippen molar-refractivity contribution in [3.63, 3.8) is 0 Å². The van der Waals surface area contributed by atoms with Crippen molar-refractivity contribution in [2.24, 2.45) is 0 Å². The minimum absolute atomic E-state index is 0.00144. The number of nitrogens with two attached hydrogens (primary N) is 1. The molecule has 12 heavy (non-hydrogen) atoms. The van der Waals surface area contributed by atoms with E-state index in [1.165, 1.54) is 0 Å². The molecule has 0 spiro atoms. The summed E-state index contributed by atoms with van der Waals surface area (Å²) < 4.78 is 0. The largest absolute Gasteiger partial charge is 0.481 e. The lowest BCUT2D eigenvalue weighted by Gasteiger charge is -2.02. The Bertz CT molecular complexity index is 310. The Balaban J connectivity index is 2.97. The molecule has 0 saturated carbocycles. The van der Waals surface area contributed by atoms with Crippen LogP contribution in [-0.2, 0) is 11.2 Å². The summed E-state index contributed by atoms with van der Waals surface area (Å²) in [5.41, 5.74) is 6.97. The summed E-state index contributed by atoms with van der Waals surface area (Å²) in [4.78, 5) is 14.2. The van der Waals surface area contributed by atoms with Crippen LogP contribution in [0.15, 0.2) is 12.3 Å². The number of nitrogens with zero attached hydrogens (tertiary/aromatic N) is 1. The zero-order valence-corrected chi connectivity index (χ0v) is 6.74. The summed E-state index contributed by atoms with van der Waals surface area (Å²) in [5, 5.41) is 8.52. The number of carbonyl (C=O) groups is 1. The predicted octanol–water partition coefficient (Wildman–Crippen LogP) is 0.599. The molecule has 0 atom stereocenters. The van der Waals surface area contributed by atoms with Gasteiger partial charge in [0.15, 0.2) is 0 Å². The third kappa shape index (κ3) is 1.95. The Kier molecular flexibility index (Phi) is 2.28. The van der Waals surface area contributed by atoms with Crippen LogP contribution < -0.4 is 5.73 Å². The number of aryl methyl sites for hydroxylation is 1. The molecular weight excluding hydrogens is 156 g/mol. The standard InChI is InChI=1S/C8H10N2O2/c1-5-4-10-7(9)2-6(5)3-8(11)12/h2,4H,3H2,1H3,(H2,9,10)(H,11,12). The van der Waals surface area contributed by atoms with Crippen LogP contribution in [0.5, 0.6) is 0 Å². The lowest BCUT2D eigenvalue weighted by molar-refractivity contribution is -0.136. The van der Waals surface area contributed by atoms with Gasteiger partial charge in [0, 0.05) is 6.20 Å². The molecule has 3 N–H and O–H groups in total. The quantitative estimate of drug-likeness (QED) is 0.674. The van der Waals surface area contributed by atoms with Gasteiger partial charge in [-0.05, 0) is 24.1 Å². The van der Waals surface area contributed by atoms with Gasteiger partial charge in [0.25, 0.3) is 0 Å². The molecule has 0 fully saturated rings. The fourth-order valence-electron chi connectivity index (χ4n) is 0.937. The second-order valence-corrected chi connectivity index (χ2v) is 2.61. The number of anilines is 1. The molecule has 4 heteroatoms. The molecule has 0 radical (unpaired) electrons. The maximum Gasteiger partial charge on any atom is 0.307 e. The van der Waals surface area contributed by atoms with Crippen LogP contribution in [0.2, 0.25) is 0 Å². The Morgan fingerprint density at radius 2 is 2.42 bits per heavy atom. The van der Waals surface area contributed by atoms with E-state index in [-0.39, 0.29) is 6.42 Å². The number of aromatic nitrogens is 1. The van der Waals surface area contributed by atoms with E-state index in [0.29, 0.717) is 5.82 Å². The zero-order chi connectivity index (χ0) is 9.14. The van der Waals surface area contributed by atoms with Crippen molar-refractivity contribution in [1.82, 2.24) is 4.98 Å². The highest BCUT2D eigenvalue weighted by atomic mass is 16.4. The van der Waals surface area contributed by atoms with E-state index in [0.717, 1.165) is 11.1 Å². The van der Waals surface area contributed by atoms with Gasteiger partial charge in [-0.3, -0.25) is 4.79 Å². The monoisotopic (exact) mass is 166 g/mol. The Morgan fingerprint density at radius 3 is 3.00 bits per heavy atom. The third-order valence-corrected chi connectivity index (χ3v) is 1.58. The minimum atomic E-state index is -0.858. The first-order chi connectivity index (χ1) is 5.59. The van der Waals surface area contributed by atoms with E-state index < -0.39 is 5.97 Å². The second-order valence-electron chi connectivity index (χ2n) is 2.61. The van der Waals surface area contributed by atoms with Crippen LogP contribution >= 0.6 is 0 Å². The lowest BCUT2D eigenvalue weighted by atomic mass is 10.1. The SMILES string of the molecule is Cc1cnc(N)cc1CC(=O)O. The predicted molar refractivity (Wildman–Crippen MR) is 44.7 cm³/mol. The van der Waals surface area contributed by atoms with E-state index in [4.69, 9.17) is 10.8 Å². The van der Waals surface area contributed by atoms with Crippen molar-refractivity contribution < 1.29 is 9.90 Å². The van der Waals surface area contributed by atoms with Gasteiger partial charge >= 0.3 is 5.97 Å². The number of nitrogen functional groups attached to an aromatic ring is 1. The number of pyridine rings is 1. The zero-order valence-electron chi connectivity index (χ0n) is 6.74. The highest BCUT2D eigenvalue weighted by Crippen LogP contribution is 2.09. The first-order valence-electron chi connectivity index (χ1n) is 3.52. The van der Waals surface area contributed by atoms with E-state index >= 15 is 0 Å². The normalized spacial score (nSPS) is 9.75. The van der Waals surface area contributed by atoms with Crippen molar-refractivity contribution in [1.29, 1.82) is 0 Å². The molecule has 0 saturated heterocycles. The summed E-state index contributed by atoms with van der Waals surface area (Å²) in [5.74, 6) is -0.499. The highest BCUT2D eigenvalue weighted by Gasteiger charge is 2.04. The molecule has 0 aromatic carbocycles. The molecule has 0 unspecified atom stereocenters. The van der Waals surface area contributed by atoms with E-state index in [9.17, 15) is 4.79 Å². The number of aliphatic carboxylic acids is 1. The van der Waals surface area contributed by atoms with Gasteiger partial charge in [-0.2, -0.15) is 0 Å². The van der Waals surface area contributed by atoms with Crippen LogP contribution in [0.25, 0.3) is 0 Å². The van der Waals surface area contributed by atoms with Crippen LogP contribution in [0.1, 0.15) is 11.1 Å². The summed E-state index contributed by atoms with van der Waals surface area (Å²) in [6.07, 6.45) is 1.58. The van der Waals surface area contributed by atoms with E-state index in [1.807, 2.05) is 6.92 Å². The number of carboxylic acid groups (broad SMARTS) is 1. The van der Waals surface area contributed by atoms with Crippen LogP contribution in [-0.4, -0.2) is 16.1 Å². The maximum absolute atomic E-state index is 10.4. The molecule has 1 aromatic rings. The molecule has 0 aliphatic rings. The van der Waals surface area contributed by atoms with Gasteiger partial charge < -0.3 is 10.8 Å². The van der Waals surface area contributed by atoms with Crippen molar-refractivity contribution in [2.75, 3.05) is 5.73 Å². The van der Waals surface area contributed by atoms with E-state index in [1.54, 1.807) is 12.3 Å². The summed E-state index contributed by atoms with van der Waals surface area (Å²) in [6.45, 7) is 1.81. The smallest absolute Gasteiger partial charge is 0.307 e. The van der Waals surface area contributed by atoms with Crippen LogP contribution in [0.4, 0.5) is 5.82 Å². The molecule has 0 amide bonds. The first-order valence-corrected chi connectivity index (χ1v) is 3.52. The average molecular weight is 166 g/mol. The maximum atomic E-state index is 10.4. The molecule has 0 aliphatic heterocycles. The molecule has 0 bridgehead atoms. The summed E-state index contributed by atoms with van der Waals surface area (Å²) in [6, 6.07) is 1.59. The number of rotatable bonds is 2. The fraction of sp³-hybridized carbons (Fsp3) is 0.250. The van der Waals surface area contributed by atoms with E-state index in [2.05, 4.69) is 4.98 Å². The molecular formula is C8H10N2O2. The Morgan fingerprint density at radius 1 is 1.75 bits per heavy atom. The highest BCUT2D eigenvalue weighted by molar-refractivity contribution is 5.71. The summed E-state index contributed by atoms with van der Waals surface area (Å²) in [7, 11) is 0. The van der Waals surface area contributed by atoms with Crippen molar-refractivity contribution in [3.05, 3.63) is 23.4 Å². The number of hydrogen-bond donors (Lipinski definition) is 2. The topological polar surface area (TPSA) is 76.2 Å². The molecule has 1 heterocycles. The summed E-state index contributed by atoms with van der Waals surface area (Å²) >= 11 is 0. The van der Waals surface area contributed by atoms with Crippen molar-refractivity contribution in [3.8, 4) is 0 Å². The molecule has 0 aliphatic carbocycles. The van der Waals surface area contributed by atoms with Crippen molar-refractivity contribution in [2.45, 2.75) is 13.3 Å². The van der Waals surface area contributed by atoms with Gasteiger partial charge in [-0.25, -0.2) is 4.98 Å². The number of carboxylic acids is 1. The Labute approximate surface area is 70.0 Å². The molecule has 4 nitrogen and oxygen atoms in total. The lowest BCUT2D eigenvalue weighted by Crippen LogP contribution is -2.03. The van der Waals surface area contributed by atoms with Crippen LogP contribution in [0.3, 0.4) is 0 Å².